The second-order valence-corrected chi connectivity index (χ2v) is 7.06. The van der Waals surface area contributed by atoms with E-state index in [4.69, 9.17) is 4.74 Å². The number of aliphatic hydroxyl groups excluding tert-OH is 1. The van der Waals surface area contributed by atoms with Crippen molar-refractivity contribution in [2.45, 2.75) is 57.3 Å². The van der Waals surface area contributed by atoms with E-state index in [9.17, 15) is 15.0 Å². The van der Waals surface area contributed by atoms with E-state index in [-0.39, 0.29) is 29.5 Å². The first kappa shape index (κ1) is 13.1. The van der Waals surface area contributed by atoms with Gasteiger partial charge < -0.3 is 14.9 Å². The molecule has 3 fully saturated rings. The van der Waals surface area contributed by atoms with Crippen LogP contribution in [0.4, 0.5) is 0 Å². The largest absolute Gasteiger partial charge is 0.460 e. The molecule has 3 rings (SSSR count). The zero-order chi connectivity index (χ0) is 14.0. The Labute approximate surface area is 113 Å². The number of fused-ring (bicyclic) bond motifs is 2. The van der Waals surface area contributed by atoms with Crippen molar-refractivity contribution in [2.75, 3.05) is 0 Å². The summed E-state index contributed by atoms with van der Waals surface area (Å²) in [6.07, 6.45) is 2.23. The van der Waals surface area contributed by atoms with E-state index in [1.165, 1.54) is 0 Å². The summed E-state index contributed by atoms with van der Waals surface area (Å²) in [6.45, 7) is 7.81. The molecule has 4 heteroatoms. The lowest BCUT2D eigenvalue weighted by Crippen LogP contribution is -2.50. The minimum absolute atomic E-state index is 0.0728. The van der Waals surface area contributed by atoms with Gasteiger partial charge in [-0.1, -0.05) is 19.1 Å². The maximum Gasteiger partial charge on any atom is 0.338 e. The zero-order valence-corrected chi connectivity index (χ0v) is 11.6. The van der Waals surface area contributed by atoms with Gasteiger partial charge in [-0.3, -0.25) is 0 Å². The van der Waals surface area contributed by atoms with E-state index in [0.29, 0.717) is 12.8 Å². The van der Waals surface area contributed by atoms with Crippen LogP contribution in [0.25, 0.3) is 0 Å². The topological polar surface area (TPSA) is 66.8 Å². The van der Waals surface area contributed by atoms with Crippen molar-refractivity contribution in [2.24, 2.45) is 17.3 Å². The highest BCUT2D eigenvalue weighted by atomic mass is 16.6. The van der Waals surface area contributed by atoms with Gasteiger partial charge in [0.05, 0.1) is 6.10 Å². The molecule has 19 heavy (non-hydrogen) atoms. The van der Waals surface area contributed by atoms with Crippen molar-refractivity contribution < 1.29 is 19.7 Å². The number of hydrogen-bond acceptors (Lipinski definition) is 4. The molecule has 0 aromatic heterocycles. The average molecular weight is 266 g/mol. The molecule has 0 aromatic rings. The molecule has 1 heterocycles. The molecule has 0 spiro atoms. The Balaban J connectivity index is 1.92. The Bertz CT molecular complexity index is 441. The van der Waals surface area contributed by atoms with Crippen LogP contribution in [0.1, 0.15) is 39.5 Å². The van der Waals surface area contributed by atoms with E-state index in [0.717, 1.165) is 18.4 Å². The van der Waals surface area contributed by atoms with Crippen LogP contribution in [0.2, 0.25) is 0 Å². The number of esters is 1. The van der Waals surface area contributed by atoms with Crippen LogP contribution in [0.15, 0.2) is 12.2 Å². The summed E-state index contributed by atoms with van der Waals surface area (Å²) in [7, 11) is 0. The van der Waals surface area contributed by atoms with Gasteiger partial charge in [0, 0.05) is 5.92 Å². The third-order valence-electron chi connectivity index (χ3n) is 5.53. The third-order valence-corrected chi connectivity index (χ3v) is 5.53. The SMILES string of the molecule is C=C1C[C@H](O)C[C@]2(C)C[C@H]3OC(=O)[C@](C)(O)[C@H]3C[C@@H]12. The molecule has 1 saturated heterocycles. The summed E-state index contributed by atoms with van der Waals surface area (Å²) in [5.41, 5.74) is -0.395. The Morgan fingerprint density at radius 3 is 2.74 bits per heavy atom. The van der Waals surface area contributed by atoms with Gasteiger partial charge in [0.15, 0.2) is 5.60 Å². The van der Waals surface area contributed by atoms with Gasteiger partial charge in [0.1, 0.15) is 6.10 Å². The smallest absolute Gasteiger partial charge is 0.338 e. The van der Waals surface area contributed by atoms with Crippen LogP contribution in [0.3, 0.4) is 0 Å². The summed E-state index contributed by atoms with van der Waals surface area (Å²) in [5.74, 6) is -0.390. The predicted molar refractivity (Wildman–Crippen MR) is 69.2 cm³/mol. The third kappa shape index (κ3) is 1.77. The summed E-state index contributed by atoms with van der Waals surface area (Å²) < 4.78 is 5.36. The summed E-state index contributed by atoms with van der Waals surface area (Å²) in [4.78, 5) is 11.8. The van der Waals surface area contributed by atoms with Crippen LogP contribution in [-0.2, 0) is 9.53 Å². The lowest BCUT2D eigenvalue weighted by molar-refractivity contribution is -0.154. The molecule has 106 valence electrons. The van der Waals surface area contributed by atoms with Crippen molar-refractivity contribution in [1.82, 2.24) is 0 Å². The van der Waals surface area contributed by atoms with Gasteiger partial charge in [0.25, 0.3) is 0 Å². The Hall–Kier alpha value is -0.870. The zero-order valence-electron chi connectivity index (χ0n) is 11.6. The predicted octanol–water partition coefficient (Wildman–Crippen LogP) is 1.41. The number of carbonyl (C=O) groups excluding carboxylic acids is 1. The quantitative estimate of drug-likeness (QED) is 0.514. The minimum Gasteiger partial charge on any atom is -0.460 e. The number of ether oxygens (including phenoxy) is 1. The highest BCUT2D eigenvalue weighted by Gasteiger charge is 2.60. The van der Waals surface area contributed by atoms with E-state index in [1.54, 1.807) is 6.92 Å². The van der Waals surface area contributed by atoms with Crippen molar-refractivity contribution in [3.05, 3.63) is 12.2 Å². The molecule has 2 saturated carbocycles. The second kappa shape index (κ2) is 3.83. The standard InChI is InChI=1S/C15H22O4/c1-8-4-9(16)6-14(2)7-12-11(5-10(8)14)15(3,18)13(17)19-12/h9-12,16,18H,1,4-7H2,2-3H3/t9-,10-,11-,12+,14+,15+/m0/s1. The molecule has 2 aliphatic carbocycles. The average Bonchev–Trinajstić information content (AvgIpc) is 2.45. The van der Waals surface area contributed by atoms with Crippen molar-refractivity contribution in [3.8, 4) is 0 Å². The molecule has 1 aliphatic heterocycles. The van der Waals surface area contributed by atoms with Gasteiger partial charge >= 0.3 is 5.97 Å². The molecular formula is C15H22O4. The molecule has 6 atom stereocenters. The molecule has 0 bridgehead atoms. The molecule has 0 unspecified atom stereocenters. The lowest BCUT2D eigenvalue weighted by atomic mass is 9.54. The highest BCUT2D eigenvalue weighted by molar-refractivity contribution is 5.81. The van der Waals surface area contributed by atoms with Gasteiger partial charge in [-0.15, -0.1) is 0 Å². The molecule has 0 radical (unpaired) electrons. The molecule has 0 aromatic carbocycles. The normalized spacial score (nSPS) is 53.5. The van der Waals surface area contributed by atoms with Crippen LogP contribution in [0, 0.1) is 17.3 Å². The first-order valence-corrected chi connectivity index (χ1v) is 7.03. The van der Waals surface area contributed by atoms with E-state index >= 15 is 0 Å². The highest BCUT2D eigenvalue weighted by Crippen LogP contribution is 2.57. The summed E-state index contributed by atoms with van der Waals surface area (Å²) in [6, 6.07) is 0. The fourth-order valence-electron chi connectivity index (χ4n) is 4.50. The number of carbonyl (C=O) groups is 1. The molecule has 0 amide bonds. The minimum atomic E-state index is -1.37. The van der Waals surface area contributed by atoms with E-state index in [2.05, 4.69) is 13.5 Å². The van der Waals surface area contributed by atoms with Crippen LogP contribution < -0.4 is 0 Å². The Kier molecular flexibility index (Phi) is 2.64. The van der Waals surface area contributed by atoms with Crippen molar-refractivity contribution in [3.63, 3.8) is 0 Å². The fourth-order valence-corrected chi connectivity index (χ4v) is 4.50. The first-order chi connectivity index (χ1) is 8.74. The van der Waals surface area contributed by atoms with Gasteiger partial charge in [-0.25, -0.2) is 4.79 Å². The van der Waals surface area contributed by atoms with Crippen molar-refractivity contribution >= 4 is 5.97 Å². The van der Waals surface area contributed by atoms with Gasteiger partial charge in [0.2, 0.25) is 0 Å². The number of aliphatic hydroxyl groups is 2. The molecular weight excluding hydrogens is 244 g/mol. The lowest BCUT2D eigenvalue weighted by Gasteiger charge is -2.51. The Morgan fingerprint density at radius 1 is 1.37 bits per heavy atom. The number of hydrogen-bond donors (Lipinski definition) is 2. The summed E-state index contributed by atoms with van der Waals surface area (Å²) >= 11 is 0. The van der Waals surface area contributed by atoms with Gasteiger partial charge in [-0.2, -0.15) is 0 Å². The molecule has 2 N–H and O–H groups in total. The van der Waals surface area contributed by atoms with Crippen molar-refractivity contribution in [1.29, 1.82) is 0 Å². The fraction of sp³-hybridized carbons (Fsp3) is 0.800. The monoisotopic (exact) mass is 266 g/mol. The molecule has 4 nitrogen and oxygen atoms in total. The van der Waals surface area contributed by atoms with Crippen LogP contribution in [-0.4, -0.2) is 34.0 Å². The van der Waals surface area contributed by atoms with Crippen LogP contribution >= 0.6 is 0 Å². The van der Waals surface area contributed by atoms with Gasteiger partial charge in [-0.05, 0) is 43.9 Å². The maximum absolute atomic E-state index is 11.8. The summed E-state index contributed by atoms with van der Waals surface area (Å²) in [5, 5.41) is 20.3. The van der Waals surface area contributed by atoms with E-state index in [1.807, 2.05) is 0 Å². The second-order valence-electron chi connectivity index (χ2n) is 7.06. The van der Waals surface area contributed by atoms with E-state index < -0.39 is 11.6 Å². The molecule has 3 aliphatic rings. The first-order valence-electron chi connectivity index (χ1n) is 7.03. The maximum atomic E-state index is 11.8. The van der Waals surface area contributed by atoms with Crippen LogP contribution in [0.5, 0.6) is 0 Å². The number of rotatable bonds is 0. The Morgan fingerprint density at radius 2 is 2.05 bits per heavy atom.